The first-order chi connectivity index (χ1) is 10.3. The number of hydrogen-bond acceptors (Lipinski definition) is 4. The molecule has 0 spiro atoms. The monoisotopic (exact) mass is 326 g/mol. The van der Waals surface area contributed by atoms with Crippen molar-refractivity contribution >= 4 is 5.97 Å². The Balaban J connectivity index is 0.000000460. The predicted octanol–water partition coefficient (Wildman–Crippen LogP) is 3.37. The van der Waals surface area contributed by atoms with Gasteiger partial charge in [0, 0.05) is 12.6 Å². The maximum absolute atomic E-state index is 12.5. The van der Waals surface area contributed by atoms with Gasteiger partial charge in [-0.15, -0.1) is 0 Å². The fourth-order valence-corrected chi connectivity index (χ4v) is 2.04. The number of hydrogen-bond donors (Lipinski definition) is 2. The van der Waals surface area contributed by atoms with Crippen LogP contribution in [0.3, 0.4) is 0 Å². The second-order valence-electron chi connectivity index (χ2n) is 6.26. The number of ether oxygens (including phenoxy) is 1. The van der Waals surface area contributed by atoms with Crippen molar-refractivity contribution in [2.24, 2.45) is 0 Å². The van der Waals surface area contributed by atoms with Gasteiger partial charge in [-0.05, 0) is 64.5 Å². The van der Waals surface area contributed by atoms with Crippen LogP contribution in [0.2, 0.25) is 0 Å². The summed E-state index contributed by atoms with van der Waals surface area (Å²) in [6.07, 6.45) is 1.30. The third-order valence-electron chi connectivity index (χ3n) is 3.03. The quantitative estimate of drug-likeness (QED) is 0.836. The number of likely N-dealkylation sites (N-methyl/N-ethyl adjacent to an activating group) is 1. The lowest BCUT2D eigenvalue weighted by Gasteiger charge is -2.19. The molecule has 5 heteroatoms. The van der Waals surface area contributed by atoms with Crippen LogP contribution in [0.4, 0.5) is 4.39 Å². The summed E-state index contributed by atoms with van der Waals surface area (Å²) in [4.78, 5) is 11.4. The molecule has 1 fully saturated rings. The fraction of sp³-hybridized carbons (Fsp3) is 0.611. The van der Waals surface area contributed by atoms with Crippen molar-refractivity contribution in [3.63, 3.8) is 0 Å². The van der Waals surface area contributed by atoms with E-state index in [2.05, 4.69) is 17.6 Å². The lowest BCUT2D eigenvalue weighted by atomic mass is 10.1. The molecule has 1 heterocycles. The molecule has 1 atom stereocenters. The summed E-state index contributed by atoms with van der Waals surface area (Å²) in [6.45, 7) is 11.0. The molecule has 4 nitrogen and oxygen atoms in total. The molecule has 2 rings (SSSR count). The van der Waals surface area contributed by atoms with E-state index >= 15 is 0 Å². The van der Waals surface area contributed by atoms with Crippen molar-refractivity contribution < 1.29 is 13.9 Å². The van der Waals surface area contributed by atoms with Crippen molar-refractivity contribution in [1.82, 2.24) is 10.6 Å². The fourth-order valence-electron chi connectivity index (χ4n) is 2.04. The van der Waals surface area contributed by atoms with Gasteiger partial charge in [0.2, 0.25) is 0 Å². The minimum Gasteiger partial charge on any atom is -0.456 e. The highest BCUT2D eigenvalue weighted by atomic mass is 19.1. The molecule has 132 valence electrons. The van der Waals surface area contributed by atoms with Gasteiger partial charge in [-0.25, -0.2) is 9.18 Å². The Hall–Kier alpha value is -1.46. The van der Waals surface area contributed by atoms with Crippen LogP contribution in [-0.2, 0) is 4.74 Å². The average molecular weight is 326 g/mol. The Kier molecular flexibility index (Phi) is 9.68. The van der Waals surface area contributed by atoms with Gasteiger partial charge >= 0.3 is 5.97 Å². The van der Waals surface area contributed by atoms with Gasteiger partial charge < -0.3 is 15.4 Å². The van der Waals surface area contributed by atoms with E-state index in [-0.39, 0.29) is 13.2 Å². The van der Waals surface area contributed by atoms with Crippen LogP contribution >= 0.6 is 0 Å². The summed E-state index contributed by atoms with van der Waals surface area (Å²) in [5.41, 5.74) is -0.160. The van der Waals surface area contributed by atoms with E-state index in [1.54, 1.807) is 20.8 Å². The molecular weight excluding hydrogens is 295 g/mol. The summed E-state index contributed by atoms with van der Waals surface area (Å²) in [7, 11) is 0. The smallest absolute Gasteiger partial charge is 0.338 e. The third-order valence-corrected chi connectivity index (χ3v) is 3.03. The number of benzene rings is 1. The molecule has 0 aromatic heterocycles. The van der Waals surface area contributed by atoms with Gasteiger partial charge in [0.1, 0.15) is 11.4 Å². The summed E-state index contributed by atoms with van der Waals surface area (Å²) < 4.78 is 17.6. The van der Waals surface area contributed by atoms with Crippen molar-refractivity contribution in [2.45, 2.75) is 53.2 Å². The molecule has 0 radical (unpaired) electrons. The molecule has 0 amide bonds. The minimum atomic E-state index is -0.522. The highest BCUT2D eigenvalue weighted by Crippen LogP contribution is 2.12. The standard InChI is InChI=1S/C11H13FO2.C6H14N2.CH4/c1-11(2,3)14-10(13)8-4-6-9(12)7-5-8;1-2-8-6-3-4-7-5-6;/h4-7H,1-3H3;6-8H,2-5H2,1H3;1H4/t;6-;/m.0./s1. The first kappa shape index (κ1) is 21.5. The maximum atomic E-state index is 12.5. The zero-order chi connectivity index (χ0) is 16.6. The minimum absolute atomic E-state index is 0. The predicted molar refractivity (Wildman–Crippen MR) is 93.3 cm³/mol. The molecule has 23 heavy (non-hydrogen) atoms. The lowest BCUT2D eigenvalue weighted by molar-refractivity contribution is 0.00695. The van der Waals surface area contributed by atoms with Crippen LogP contribution in [0, 0.1) is 5.82 Å². The Labute approximate surface area is 139 Å². The highest BCUT2D eigenvalue weighted by molar-refractivity contribution is 5.89. The van der Waals surface area contributed by atoms with E-state index in [0.29, 0.717) is 5.56 Å². The average Bonchev–Trinajstić information content (AvgIpc) is 2.92. The Morgan fingerprint density at radius 3 is 2.39 bits per heavy atom. The molecular formula is C18H31FN2O2. The van der Waals surface area contributed by atoms with Gasteiger partial charge in [0.25, 0.3) is 0 Å². The molecule has 0 unspecified atom stereocenters. The summed E-state index contributed by atoms with van der Waals surface area (Å²) in [6, 6.07) is 6.03. The SMILES string of the molecule is C.CC(C)(C)OC(=O)c1ccc(F)cc1.CCN[C@H]1CCNC1. The van der Waals surface area contributed by atoms with Crippen LogP contribution in [0.1, 0.15) is 51.9 Å². The van der Waals surface area contributed by atoms with Crippen LogP contribution < -0.4 is 10.6 Å². The Morgan fingerprint density at radius 1 is 1.35 bits per heavy atom. The van der Waals surface area contributed by atoms with Gasteiger partial charge in [-0.1, -0.05) is 14.4 Å². The normalized spacial score (nSPS) is 16.8. The molecule has 1 aliphatic heterocycles. The second kappa shape index (κ2) is 10.3. The van der Waals surface area contributed by atoms with E-state index in [9.17, 15) is 9.18 Å². The van der Waals surface area contributed by atoms with Crippen molar-refractivity contribution in [1.29, 1.82) is 0 Å². The Bertz CT molecular complexity index is 449. The van der Waals surface area contributed by atoms with Gasteiger partial charge in [0.15, 0.2) is 0 Å². The van der Waals surface area contributed by atoms with Gasteiger partial charge in [-0.3, -0.25) is 0 Å². The molecule has 1 saturated heterocycles. The number of carbonyl (C=O) groups excluding carboxylic acids is 1. The first-order valence-corrected chi connectivity index (χ1v) is 7.75. The van der Waals surface area contributed by atoms with Crippen LogP contribution in [0.15, 0.2) is 24.3 Å². The van der Waals surface area contributed by atoms with Crippen molar-refractivity contribution in [3.8, 4) is 0 Å². The number of halogens is 1. The molecule has 1 aromatic rings. The highest BCUT2D eigenvalue weighted by Gasteiger charge is 2.17. The number of esters is 1. The van der Waals surface area contributed by atoms with E-state index in [4.69, 9.17) is 4.74 Å². The van der Waals surface area contributed by atoms with E-state index < -0.39 is 11.6 Å². The molecule has 2 N–H and O–H groups in total. The maximum Gasteiger partial charge on any atom is 0.338 e. The number of rotatable bonds is 3. The Morgan fingerprint density at radius 2 is 1.96 bits per heavy atom. The number of nitrogens with one attached hydrogen (secondary N) is 2. The largest absolute Gasteiger partial charge is 0.456 e. The molecule has 0 saturated carbocycles. The van der Waals surface area contributed by atoms with Crippen LogP contribution in [0.25, 0.3) is 0 Å². The summed E-state index contributed by atoms with van der Waals surface area (Å²) in [5, 5.41) is 6.68. The van der Waals surface area contributed by atoms with E-state index in [1.165, 1.54) is 37.2 Å². The van der Waals surface area contributed by atoms with Crippen LogP contribution in [0.5, 0.6) is 0 Å². The molecule has 0 aliphatic carbocycles. The lowest BCUT2D eigenvalue weighted by Crippen LogP contribution is -2.30. The van der Waals surface area contributed by atoms with Gasteiger partial charge in [-0.2, -0.15) is 0 Å². The van der Waals surface area contributed by atoms with E-state index in [0.717, 1.165) is 19.1 Å². The third kappa shape index (κ3) is 9.31. The molecule has 1 aromatic carbocycles. The van der Waals surface area contributed by atoms with Crippen molar-refractivity contribution in [3.05, 3.63) is 35.6 Å². The second-order valence-corrected chi connectivity index (χ2v) is 6.26. The summed E-state index contributed by atoms with van der Waals surface area (Å²) in [5.74, 6) is -0.796. The van der Waals surface area contributed by atoms with E-state index in [1.807, 2.05) is 0 Å². The number of carbonyl (C=O) groups is 1. The topological polar surface area (TPSA) is 50.4 Å². The zero-order valence-electron chi connectivity index (χ0n) is 13.9. The van der Waals surface area contributed by atoms with Crippen molar-refractivity contribution in [2.75, 3.05) is 19.6 Å². The van der Waals surface area contributed by atoms with Crippen LogP contribution in [-0.4, -0.2) is 37.2 Å². The zero-order valence-corrected chi connectivity index (χ0v) is 13.9. The van der Waals surface area contributed by atoms with Gasteiger partial charge in [0.05, 0.1) is 5.56 Å². The molecule has 0 bridgehead atoms. The summed E-state index contributed by atoms with van der Waals surface area (Å²) >= 11 is 0. The molecule has 1 aliphatic rings. The first-order valence-electron chi connectivity index (χ1n) is 7.75.